The first-order valence-corrected chi connectivity index (χ1v) is 16.8. The highest BCUT2D eigenvalue weighted by Gasteiger charge is 2.36. The maximum Gasteiger partial charge on any atom is 0.240 e. The van der Waals surface area contributed by atoms with Gasteiger partial charge < -0.3 is 21.1 Å². The summed E-state index contributed by atoms with van der Waals surface area (Å²) in [6, 6.07) is 23.9. The number of H-pyrrole nitrogens is 1. The Morgan fingerprint density at radius 3 is 2.34 bits per heavy atom. The van der Waals surface area contributed by atoms with Crippen molar-refractivity contribution in [3.8, 4) is 28.4 Å². The minimum absolute atomic E-state index is 0.128. The van der Waals surface area contributed by atoms with Gasteiger partial charge in [-0.2, -0.15) is 10.2 Å². The molecule has 258 valence electrons. The summed E-state index contributed by atoms with van der Waals surface area (Å²) in [4.78, 5) is 40.3. The maximum absolute atomic E-state index is 14.4. The number of carbonyl (C=O) groups is 2. The number of tetrazole rings is 1. The third-order valence-corrected chi connectivity index (χ3v) is 9.18. The Bertz CT molecular complexity index is 1880. The smallest absolute Gasteiger partial charge is 0.240 e. The molecule has 2 aromatic heterocycles. The molecule has 6 rings (SSSR count). The van der Waals surface area contributed by atoms with Crippen molar-refractivity contribution in [2.75, 3.05) is 30.4 Å². The lowest BCUT2D eigenvalue weighted by Gasteiger charge is -2.35. The lowest BCUT2D eigenvalue weighted by molar-refractivity contribution is -0.127. The number of nitrogens with zero attached hydrogens (tertiary/aromatic N) is 7. The Labute approximate surface area is 291 Å². The Kier molecular flexibility index (Phi) is 10.7. The number of nitrogens with one attached hydrogen (secondary N) is 1. The van der Waals surface area contributed by atoms with E-state index in [0.29, 0.717) is 60.8 Å². The predicted molar refractivity (Wildman–Crippen MR) is 191 cm³/mol. The molecule has 1 atom stereocenters. The number of benzene rings is 3. The number of carbonyl (C=O) groups excluding carboxylic acids is 2. The molecule has 0 aliphatic heterocycles. The summed E-state index contributed by atoms with van der Waals surface area (Å²) < 4.78 is 6.25. The summed E-state index contributed by atoms with van der Waals surface area (Å²) in [5.41, 5.74) is 16.7. The lowest BCUT2D eigenvalue weighted by Crippen LogP contribution is -2.52. The largest absolute Gasteiger partial charge is 0.472 e. The number of nitrogens with two attached hydrogens (primary N) is 2. The number of anilines is 2. The highest BCUT2D eigenvalue weighted by atomic mass is 16.5. The van der Waals surface area contributed by atoms with E-state index in [9.17, 15) is 9.59 Å². The summed E-state index contributed by atoms with van der Waals surface area (Å²) in [5, 5.41) is 14.2. The molecule has 13 nitrogen and oxygen atoms in total. The van der Waals surface area contributed by atoms with E-state index in [1.165, 1.54) is 0 Å². The number of ether oxygens (including phenoxy) is 1. The molecule has 3 aromatic carbocycles. The molecule has 5 aromatic rings. The van der Waals surface area contributed by atoms with Crippen LogP contribution in [0.4, 0.5) is 11.6 Å². The van der Waals surface area contributed by atoms with Crippen LogP contribution in [0.25, 0.3) is 22.5 Å². The molecule has 1 aliphatic rings. The number of hydrogen-bond donors (Lipinski definition) is 3. The molecule has 1 aliphatic carbocycles. The quantitative estimate of drug-likeness (QED) is 0.164. The van der Waals surface area contributed by atoms with Crippen LogP contribution < -0.4 is 26.0 Å². The van der Waals surface area contributed by atoms with Gasteiger partial charge in [0.1, 0.15) is 12.6 Å². The van der Waals surface area contributed by atoms with Crippen molar-refractivity contribution in [2.24, 2.45) is 23.3 Å². The van der Waals surface area contributed by atoms with Crippen molar-refractivity contribution in [2.45, 2.75) is 44.8 Å². The van der Waals surface area contributed by atoms with Gasteiger partial charge >= 0.3 is 0 Å². The number of aromatic amines is 1. The first kappa shape index (κ1) is 34.2. The molecule has 0 spiro atoms. The predicted octanol–water partition coefficient (Wildman–Crippen LogP) is 4.16. The van der Waals surface area contributed by atoms with Gasteiger partial charge in [-0.3, -0.25) is 14.5 Å². The van der Waals surface area contributed by atoms with E-state index in [4.69, 9.17) is 21.2 Å². The topological polar surface area (TPSA) is 182 Å². The van der Waals surface area contributed by atoms with Gasteiger partial charge in [0, 0.05) is 43.9 Å². The zero-order valence-electron chi connectivity index (χ0n) is 28.3. The van der Waals surface area contributed by atoms with Gasteiger partial charge in [-0.15, -0.1) is 10.2 Å². The third kappa shape index (κ3) is 7.95. The van der Waals surface area contributed by atoms with Crippen LogP contribution in [0.3, 0.4) is 0 Å². The molecule has 0 radical (unpaired) electrons. The van der Waals surface area contributed by atoms with E-state index < -0.39 is 11.9 Å². The molecular weight excluding hydrogens is 632 g/mol. The molecule has 2 heterocycles. The van der Waals surface area contributed by atoms with Crippen LogP contribution in [0.2, 0.25) is 0 Å². The Morgan fingerprint density at radius 2 is 1.68 bits per heavy atom. The normalized spacial score (nSPS) is 16.4. The van der Waals surface area contributed by atoms with Crippen LogP contribution in [-0.4, -0.2) is 69.1 Å². The number of hydrogen-bond acceptors (Lipinski definition) is 10. The zero-order valence-corrected chi connectivity index (χ0v) is 28.3. The number of amides is 2. The van der Waals surface area contributed by atoms with Gasteiger partial charge in [-0.25, -0.2) is 4.98 Å². The molecule has 1 saturated carbocycles. The number of rotatable bonds is 13. The molecule has 0 unspecified atom stereocenters. The summed E-state index contributed by atoms with van der Waals surface area (Å²) in [6.45, 7) is 0.932. The second-order valence-corrected chi connectivity index (χ2v) is 12.8. The summed E-state index contributed by atoms with van der Waals surface area (Å²) in [7, 11) is 3.74. The molecule has 0 saturated heterocycles. The van der Waals surface area contributed by atoms with E-state index in [-0.39, 0.29) is 18.2 Å². The SMILES string of the molecule is CN(C)c1ncc(-c2cccc(C[C@@H](C(N)=O)N(C(=O)C3CCC(CN)CC3)c3ccc(-c4nn[nH]n4)cc3)c2)c(OCc2ccccc2)n1. The molecule has 2 amide bonds. The highest BCUT2D eigenvalue weighted by molar-refractivity contribution is 6.01. The standard InChI is InChI=1S/C37H42N10O3/c1-46(2)37-40-22-31(35(41-37)50-23-25-7-4-3-5-8-25)29-10-6-9-26(19-29)20-32(33(39)48)47(36(49)28-13-11-24(21-38)12-14-28)30-17-15-27(16-18-30)34-42-44-45-43-34/h3-10,15-19,22,24,28,32H,11-14,20-21,23,38H2,1-2H3,(H2,39,48)(H,42,43,44,45)/t24?,28?,32-/m0/s1. The molecule has 50 heavy (non-hydrogen) atoms. The average molecular weight is 675 g/mol. The van der Waals surface area contributed by atoms with Gasteiger partial charge in [0.15, 0.2) is 0 Å². The van der Waals surface area contributed by atoms with Crippen LogP contribution >= 0.6 is 0 Å². The van der Waals surface area contributed by atoms with Crippen molar-refractivity contribution in [1.29, 1.82) is 0 Å². The molecule has 13 heteroatoms. The minimum atomic E-state index is -0.956. The number of primary amides is 1. The molecular formula is C37H42N10O3. The average Bonchev–Trinajstić information content (AvgIpc) is 3.70. The van der Waals surface area contributed by atoms with E-state index in [2.05, 4.69) is 25.6 Å². The van der Waals surface area contributed by atoms with Crippen LogP contribution in [-0.2, 0) is 22.6 Å². The fourth-order valence-electron chi connectivity index (χ4n) is 6.37. The molecule has 5 N–H and O–H groups in total. The maximum atomic E-state index is 14.4. The van der Waals surface area contributed by atoms with Gasteiger partial charge in [0.2, 0.25) is 29.5 Å². The van der Waals surface area contributed by atoms with Gasteiger partial charge in [-0.1, -0.05) is 54.6 Å². The molecule has 0 bridgehead atoms. The fourth-order valence-corrected chi connectivity index (χ4v) is 6.37. The van der Waals surface area contributed by atoms with Gasteiger partial charge in [0.05, 0.1) is 5.56 Å². The van der Waals surface area contributed by atoms with Crippen LogP contribution in [0, 0.1) is 11.8 Å². The van der Waals surface area contributed by atoms with E-state index in [0.717, 1.165) is 35.1 Å². The highest BCUT2D eigenvalue weighted by Crippen LogP contribution is 2.34. The van der Waals surface area contributed by atoms with Crippen molar-refractivity contribution >= 4 is 23.5 Å². The van der Waals surface area contributed by atoms with Gasteiger partial charge in [-0.05, 0) is 84.3 Å². The summed E-state index contributed by atoms with van der Waals surface area (Å²) in [6.07, 6.45) is 5.07. The summed E-state index contributed by atoms with van der Waals surface area (Å²) >= 11 is 0. The Hall–Kier alpha value is -5.69. The summed E-state index contributed by atoms with van der Waals surface area (Å²) in [5.74, 6) is 0.787. The first-order valence-electron chi connectivity index (χ1n) is 16.8. The Morgan fingerprint density at radius 1 is 0.940 bits per heavy atom. The zero-order chi connectivity index (χ0) is 35.0. The monoisotopic (exact) mass is 674 g/mol. The second-order valence-electron chi connectivity index (χ2n) is 12.8. The van der Waals surface area contributed by atoms with Crippen molar-refractivity contribution in [1.82, 2.24) is 30.6 Å². The third-order valence-electron chi connectivity index (χ3n) is 9.18. The van der Waals surface area contributed by atoms with E-state index in [1.54, 1.807) is 35.4 Å². The first-order chi connectivity index (χ1) is 24.3. The minimum Gasteiger partial charge on any atom is -0.472 e. The van der Waals surface area contributed by atoms with Gasteiger partial charge in [0.25, 0.3) is 0 Å². The van der Waals surface area contributed by atoms with Crippen molar-refractivity contribution in [3.05, 3.63) is 96.2 Å². The van der Waals surface area contributed by atoms with Crippen LogP contribution in [0.1, 0.15) is 36.8 Å². The fraction of sp³-hybridized carbons (Fsp3) is 0.324. The van der Waals surface area contributed by atoms with E-state index in [1.807, 2.05) is 73.6 Å². The van der Waals surface area contributed by atoms with Crippen LogP contribution in [0.5, 0.6) is 5.88 Å². The van der Waals surface area contributed by atoms with Crippen molar-refractivity contribution in [3.63, 3.8) is 0 Å². The lowest BCUT2D eigenvalue weighted by atomic mass is 9.81. The molecule has 1 fully saturated rings. The van der Waals surface area contributed by atoms with Crippen molar-refractivity contribution < 1.29 is 14.3 Å². The van der Waals surface area contributed by atoms with E-state index >= 15 is 0 Å². The Balaban J connectivity index is 1.32. The number of aromatic nitrogens is 6. The second kappa shape index (κ2) is 15.7. The van der Waals surface area contributed by atoms with Crippen LogP contribution in [0.15, 0.2) is 85.1 Å².